The number of rotatable bonds is 4. The van der Waals surface area contributed by atoms with Gasteiger partial charge in [-0.1, -0.05) is 17.7 Å². The molecule has 0 aromatic heterocycles. The van der Waals surface area contributed by atoms with Gasteiger partial charge in [-0.05, 0) is 51.7 Å². The molecule has 8 heteroatoms. The zero-order valence-corrected chi connectivity index (χ0v) is 18.8. The normalized spacial score (nSPS) is 18.3. The Kier molecular flexibility index (Phi) is 7.47. The van der Waals surface area contributed by atoms with Crippen molar-refractivity contribution in [2.24, 2.45) is 5.92 Å². The summed E-state index contributed by atoms with van der Waals surface area (Å²) < 4.78 is 10.9. The van der Waals surface area contributed by atoms with Crippen molar-refractivity contribution in [1.82, 2.24) is 4.90 Å². The summed E-state index contributed by atoms with van der Waals surface area (Å²) in [6, 6.07) is 5.58. The lowest BCUT2D eigenvalue weighted by atomic mass is 9.93. The van der Waals surface area contributed by atoms with E-state index in [1.165, 1.54) is 0 Å². The van der Waals surface area contributed by atoms with Gasteiger partial charge in [0.1, 0.15) is 5.60 Å². The van der Waals surface area contributed by atoms with Gasteiger partial charge < -0.3 is 24.6 Å². The van der Waals surface area contributed by atoms with Crippen molar-refractivity contribution in [3.63, 3.8) is 0 Å². The lowest BCUT2D eigenvalue weighted by Gasteiger charge is -2.33. The molecule has 0 saturated carbocycles. The molecule has 3 rings (SSSR count). The van der Waals surface area contributed by atoms with E-state index in [0.717, 1.165) is 37.3 Å². The number of nitrogens with zero attached hydrogens (tertiary/aromatic N) is 2. The quantitative estimate of drug-likeness (QED) is 0.766. The molecule has 2 heterocycles. The van der Waals surface area contributed by atoms with E-state index in [-0.39, 0.29) is 17.9 Å². The summed E-state index contributed by atoms with van der Waals surface area (Å²) in [5.74, 6) is 0.220. The van der Waals surface area contributed by atoms with Gasteiger partial charge in [0.15, 0.2) is 0 Å². The second-order valence-electron chi connectivity index (χ2n) is 8.90. The van der Waals surface area contributed by atoms with E-state index in [0.29, 0.717) is 37.7 Å². The number of hydrogen-bond donors (Lipinski definition) is 1. The van der Waals surface area contributed by atoms with E-state index < -0.39 is 5.60 Å². The first kappa shape index (κ1) is 22.7. The van der Waals surface area contributed by atoms with Crippen molar-refractivity contribution in [2.45, 2.75) is 45.6 Å². The maximum Gasteiger partial charge on any atom is 0.410 e. The van der Waals surface area contributed by atoms with Crippen molar-refractivity contribution >= 4 is 35.0 Å². The van der Waals surface area contributed by atoms with Crippen LogP contribution in [0.3, 0.4) is 0 Å². The standard InChI is InChI=1S/C22H32ClN3O4/c1-22(2,3)30-21(28)26-9-7-16(8-10-26)15-19(27)24-18-6-4-5-17(23)20(18)25-11-13-29-14-12-25/h4-6,16H,7-15H2,1-3H3,(H,24,27). The zero-order chi connectivity index (χ0) is 21.7. The van der Waals surface area contributed by atoms with Crippen LogP contribution in [-0.2, 0) is 14.3 Å². The Morgan fingerprint density at radius 1 is 1.17 bits per heavy atom. The number of nitrogens with one attached hydrogen (secondary N) is 1. The van der Waals surface area contributed by atoms with Crippen LogP contribution in [0.5, 0.6) is 0 Å². The lowest BCUT2D eigenvalue weighted by Crippen LogP contribution is -2.42. The Hall–Kier alpha value is -1.99. The SMILES string of the molecule is CC(C)(C)OC(=O)N1CCC(CC(=O)Nc2cccc(Cl)c2N2CCOCC2)CC1. The van der Waals surface area contributed by atoms with E-state index in [2.05, 4.69) is 10.2 Å². The second-order valence-corrected chi connectivity index (χ2v) is 9.31. The van der Waals surface area contributed by atoms with E-state index in [1.54, 1.807) is 4.90 Å². The zero-order valence-electron chi connectivity index (χ0n) is 18.1. The van der Waals surface area contributed by atoms with Crippen molar-refractivity contribution in [2.75, 3.05) is 49.6 Å². The van der Waals surface area contributed by atoms with Crippen LogP contribution >= 0.6 is 11.6 Å². The number of piperidine rings is 1. The molecule has 2 aliphatic heterocycles. The Labute approximate surface area is 183 Å². The third kappa shape index (κ3) is 6.25. The van der Waals surface area contributed by atoms with Crippen molar-refractivity contribution in [3.8, 4) is 0 Å². The summed E-state index contributed by atoms with van der Waals surface area (Å²) in [7, 11) is 0. The maximum atomic E-state index is 12.7. The molecule has 7 nitrogen and oxygen atoms in total. The van der Waals surface area contributed by atoms with Crippen LogP contribution in [0.2, 0.25) is 5.02 Å². The summed E-state index contributed by atoms with van der Waals surface area (Å²) in [5.41, 5.74) is 1.10. The second kappa shape index (κ2) is 9.88. The Morgan fingerprint density at radius 2 is 1.83 bits per heavy atom. The number of benzene rings is 1. The molecule has 0 unspecified atom stereocenters. The average molecular weight is 438 g/mol. The molecule has 2 saturated heterocycles. The van der Waals surface area contributed by atoms with Crippen LogP contribution in [0.15, 0.2) is 18.2 Å². The number of hydrogen-bond acceptors (Lipinski definition) is 5. The van der Waals surface area contributed by atoms with Gasteiger partial charge in [-0.3, -0.25) is 4.79 Å². The number of carbonyl (C=O) groups is 2. The molecule has 0 aliphatic carbocycles. The third-order valence-corrected chi connectivity index (χ3v) is 5.63. The first-order chi connectivity index (χ1) is 14.2. The molecule has 0 spiro atoms. The third-order valence-electron chi connectivity index (χ3n) is 5.33. The van der Waals surface area contributed by atoms with Crippen LogP contribution in [0.25, 0.3) is 0 Å². The topological polar surface area (TPSA) is 71.1 Å². The average Bonchev–Trinajstić information content (AvgIpc) is 2.68. The Balaban J connectivity index is 1.53. The number of morpholine rings is 1. The minimum absolute atomic E-state index is 0.0255. The fourth-order valence-corrected chi connectivity index (χ4v) is 4.13. The molecule has 2 fully saturated rings. The van der Waals surface area contributed by atoms with E-state index in [9.17, 15) is 9.59 Å². The van der Waals surface area contributed by atoms with Gasteiger partial charge in [0.2, 0.25) is 5.91 Å². The van der Waals surface area contributed by atoms with Crippen LogP contribution in [-0.4, -0.2) is 61.9 Å². The number of carbonyl (C=O) groups excluding carboxylic acids is 2. The number of ether oxygens (including phenoxy) is 2. The first-order valence-electron chi connectivity index (χ1n) is 10.6. The molecule has 166 valence electrons. The number of halogens is 1. The fraction of sp³-hybridized carbons (Fsp3) is 0.636. The van der Waals surface area contributed by atoms with Gasteiger partial charge in [0.05, 0.1) is 29.6 Å². The van der Waals surface area contributed by atoms with Gasteiger partial charge in [-0.2, -0.15) is 0 Å². The lowest BCUT2D eigenvalue weighted by molar-refractivity contribution is -0.117. The van der Waals surface area contributed by atoms with E-state index in [4.69, 9.17) is 21.1 Å². The summed E-state index contributed by atoms with van der Waals surface area (Å²) >= 11 is 6.45. The Morgan fingerprint density at radius 3 is 2.47 bits per heavy atom. The van der Waals surface area contributed by atoms with E-state index in [1.807, 2.05) is 39.0 Å². The highest BCUT2D eigenvalue weighted by molar-refractivity contribution is 6.34. The van der Waals surface area contributed by atoms with Gasteiger partial charge in [0.25, 0.3) is 0 Å². The number of likely N-dealkylation sites (tertiary alicyclic amines) is 1. The number of amides is 2. The number of para-hydroxylation sites is 1. The predicted molar refractivity (Wildman–Crippen MR) is 118 cm³/mol. The minimum atomic E-state index is -0.497. The van der Waals surface area contributed by atoms with Crippen molar-refractivity contribution in [1.29, 1.82) is 0 Å². The molecule has 2 aliphatic rings. The number of anilines is 2. The highest BCUT2D eigenvalue weighted by Gasteiger charge is 2.28. The maximum absolute atomic E-state index is 12.7. The highest BCUT2D eigenvalue weighted by Crippen LogP contribution is 2.35. The van der Waals surface area contributed by atoms with Gasteiger partial charge in [-0.15, -0.1) is 0 Å². The summed E-state index contributed by atoms with van der Waals surface area (Å²) in [6.45, 7) is 9.61. The molecule has 0 bridgehead atoms. The molecular weight excluding hydrogens is 406 g/mol. The van der Waals surface area contributed by atoms with Crippen molar-refractivity contribution < 1.29 is 19.1 Å². The van der Waals surface area contributed by atoms with E-state index >= 15 is 0 Å². The largest absolute Gasteiger partial charge is 0.444 e. The summed E-state index contributed by atoms with van der Waals surface area (Å²) in [4.78, 5) is 28.8. The van der Waals surface area contributed by atoms with Gasteiger partial charge >= 0.3 is 6.09 Å². The Bertz CT molecular complexity index is 751. The smallest absolute Gasteiger partial charge is 0.410 e. The first-order valence-corrected chi connectivity index (χ1v) is 11.0. The van der Waals surface area contributed by atoms with Crippen LogP contribution in [0, 0.1) is 5.92 Å². The summed E-state index contributed by atoms with van der Waals surface area (Å²) in [6.07, 6.45) is 1.73. The van der Waals surface area contributed by atoms with Crippen molar-refractivity contribution in [3.05, 3.63) is 23.2 Å². The molecule has 0 atom stereocenters. The minimum Gasteiger partial charge on any atom is -0.444 e. The molecule has 1 aromatic carbocycles. The molecule has 2 amide bonds. The highest BCUT2D eigenvalue weighted by atomic mass is 35.5. The molecule has 1 aromatic rings. The molecule has 1 N–H and O–H groups in total. The predicted octanol–water partition coefficient (Wildman–Crippen LogP) is 4.15. The van der Waals surface area contributed by atoms with Crippen LogP contribution in [0.1, 0.15) is 40.0 Å². The summed E-state index contributed by atoms with van der Waals surface area (Å²) in [5, 5.41) is 3.68. The molecule has 0 radical (unpaired) electrons. The molecular formula is C22H32ClN3O4. The van der Waals surface area contributed by atoms with Gasteiger partial charge in [-0.25, -0.2) is 4.79 Å². The van der Waals surface area contributed by atoms with Gasteiger partial charge in [0, 0.05) is 32.6 Å². The van der Waals surface area contributed by atoms with Crippen LogP contribution in [0.4, 0.5) is 16.2 Å². The fourth-order valence-electron chi connectivity index (χ4n) is 3.83. The molecule has 30 heavy (non-hydrogen) atoms. The van der Waals surface area contributed by atoms with Crippen LogP contribution < -0.4 is 10.2 Å². The monoisotopic (exact) mass is 437 g/mol.